The summed E-state index contributed by atoms with van der Waals surface area (Å²) in [5, 5.41) is 11.0. The Balaban J connectivity index is 1.21. The minimum atomic E-state index is 0.00266. The van der Waals surface area contributed by atoms with Gasteiger partial charge in [-0.1, -0.05) is 12.1 Å². The van der Waals surface area contributed by atoms with E-state index in [2.05, 4.69) is 50.2 Å². The van der Waals surface area contributed by atoms with Gasteiger partial charge in [0.2, 0.25) is 5.95 Å². The molecule has 1 unspecified atom stereocenters. The quantitative estimate of drug-likeness (QED) is 0.342. The van der Waals surface area contributed by atoms with E-state index in [9.17, 15) is 4.79 Å². The number of fused-ring (bicyclic) bond motifs is 1. The molecule has 1 aromatic carbocycles. The zero-order valence-electron chi connectivity index (χ0n) is 21.4. The van der Waals surface area contributed by atoms with Crippen LogP contribution in [0.4, 0.5) is 11.6 Å². The van der Waals surface area contributed by atoms with Gasteiger partial charge in [-0.3, -0.25) is 9.36 Å². The van der Waals surface area contributed by atoms with E-state index < -0.39 is 0 Å². The summed E-state index contributed by atoms with van der Waals surface area (Å²) < 4.78 is 7.58. The zero-order chi connectivity index (χ0) is 25.5. The maximum absolute atomic E-state index is 13.7. The number of hydrogen-bond donors (Lipinski definition) is 3. The first kappa shape index (κ1) is 23.5. The van der Waals surface area contributed by atoms with E-state index in [-0.39, 0.29) is 5.56 Å². The van der Waals surface area contributed by atoms with Crippen LogP contribution < -0.4 is 21.5 Å². The van der Waals surface area contributed by atoms with Crippen LogP contribution in [0.3, 0.4) is 0 Å². The van der Waals surface area contributed by atoms with Crippen molar-refractivity contribution in [2.24, 2.45) is 0 Å². The molecule has 7 rings (SSSR count). The summed E-state index contributed by atoms with van der Waals surface area (Å²) >= 11 is 0. The Kier molecular flexibility index (Phi) is 6.17. The first-order chi connectivity index (χ1) is 18.7. The standard InChI is InChI=1S/C29H33N7O2/c37-28-24(20-1-2-20)13-22-15-32-29(34-23-5-3-18(4-6-23)19-7-10-30-11-8-19)35-27(22)36(28)16-25-26(33-17-38-25)21-9-12-31-14-21/h3-6,13,15,17,19-21,30-31H,1-2,7-12,14,16H2,(H,32,34,35). The van der Waals surface area contributed by atoms with E-state index in [4.69, 9.17) is 9.40 Å². The van der Waals surface area contributed by atoms with Crippen LogP contribution >= 0.6 is 0 Å². The molecule has 3 aromatic heterocycles. The van der Waals surface area contributed by atoms with Crippen LogP contribution in [0.2, 0.25) is 0 Å². The van der Waals surface area contributed by atoms with Gasteiger partial charge < -0.3 is 20.4 Å². The van der Waals surface area contributed by atoms with Gasteiger partial charge in [-0.25, -0.2) is 9.97 Å². The number of oxazole rings is 1. The monoisotopic (exact) mass is 511 g/mol. The van der Waals surface area contributed by atoms with Crippen LogP contribution in [-0.4, -0.2) is 45.7 Å². The molecule has 3 N–H and O–H groups in total. The molecular weight excluding hydrogens is 478 g/mol. The molecule has 1 aliphatic carbocycles. The van der Waals surface area contributed by atoms with E-state index in [1.807, 2.05) is 12.3 Å². The second-order valence-electron chi connectivity index (χ2n) is 10.9. The highest BCUT2D eigenvalue weighted by molar-refractivity contribution is 5.77. The number of nitrogens with zero attached hydrogens (tertiary/aromatic N) is 4. The second-order valence-corrected chi connectivity index (χ2v) is 10.9. The number of rotatable bonds is 7. The predicted molar refractivity (Wildman–Crippen MR) is 146 cm³/mol. The lowest BCUT2D eigenvalue weighted by Crippen LogP contribution is -2.26. The summed E-state index contributed by atoms with van der Waals surface area (Å²) in [6, 6.07) is 10.5. The van der Waals surface area contributed by atoms with Gasteiger partial charge in [0.25, 0.3) is 5.56 Å². The number of piperidine rings is 1. The maximum atomic E-state index is 13.7. The lowest BCUT2D eigenvalue weighted by atomic mass is 9.90. The average Bonchev–Trinajstić information content (AvgIpc) is 3.44. The van der Waals surface area contributed by atoms with E-state index in [0.717, 1.165) is 73.5 Å². The molecule has 2 aliphatic heterocycles. The third kappa shape index (κ3) is 4.61. The van der Waals surface area contributed by atoms with Gasteiger partial charge in [0, 0.05) is 35.3 Å². The molecule has 1 saturated carbocycles. The maximum Gasteiger partial charge on any atom is 0.256 e. The van der Waals surface area contributed by atoms with Gasteiger partial charge in [0.05, 0.1) is 12.2 Å². The van der Waals surface area contributed by atoms with Crippen LogP contribution in [0.25, 0.3) is 11.0 Å². The minimum Gasteiger partial charge on any atom is -0.446 e. The van der Waals surface area contributed by atoms with Crippen molar-refractivity contribution >= 4 is 22.7 Å². The molecule has 0 radical (unpaired) electrons. The molecule has 38 heavy (non-hydrogen) atoms. The smallest absolute Gasteiger partial charge is 0.256 e. The molecule has 3 aliphatic rings. The topological polar surface area (TPSA) is 110 Å². The molecule has 4 aromatic rings. The highest BCUT2D eigenvalue weighted by atomic mass is 16.3. The Bertz CT molecular complexity index is 1490. The minimum absolute atomic E-state index is 0.00266. The number of aromatic nitrogens is 4. The van der Waals surface area contributed by atoms with Gasteiger partial charge in [-0.05, 0) is 87.3 Å². The van der Waals surface area contributed by atoms with E-state index in [0.29, 0.717) is 35.9 Å². The normalized spacial score (nSPS) is 20.3. The number of anilines is 2. The molecule has 2 saturated heterocycles. The third-order valence-electron chi connectivity index (χ3n) is 8.27. The van der Waals surface area contributed by atoms with Crippen molar-refractivity contribution in [1.82, 2.24) is 30.2 Å². The van der Waals surface area contributed by atoms with Crippen molar-refractivity contribution in [3.05, 3.63) is 75.9 Å². The van der Waals surface area contributed by atoms with Crippen molar-refractivity contribution in [2.45, 2.75) is 56.4 Å². The van der Waals surface area contributed by atoms with Crippen molar-refractivity contribution in [1.29, 1.82) is 0 Å². The largest absolute Gasteiger partial charge is 0.446 e. The summed E-state index contributed by atoms with van der Waals surface area (Å²) in [4.78, 5) is 27.6. The van der Waals surface area contributed by atoms with Gasteiger partial charge >= 0.3 is 0 Å². The van der Waals surface area contributed by atoms with Crippen LogP contribution in [0.15, 0.2) is 52.1 Å². The van der Waals surface area contributed by atoms with Crippen molar-refractivity contribution in [2.75, 3.05) is 31.5 Å². The highest BCUT2D eigenvalue weighted by Gasteiger charge is 2.29. The number of pyridine rings is 1. The molecule has 3 fully saturated rings. The Labute approximate surface area is 221 Å². The number of nitrogens with one attached hydrogen (secondary N) is 3. The molecule has 9 heteroatoms. The van der Waals surface area contributed by atoms with Crippen LogP contribution in [0, 0.1) is 0 Å². The molecule has 196 valence electrons. The van der Waals surface area contributed by atoms with Gasteiger partial charge in [-0.15, -0.1) is 0 Å². The number of benzene rings is 1. The highest BCUT2D eigenvalue weighted by Crippen LogP contribution is 2.39. The molecule has 0 bridgehead atoms. The van der Waals surface area contributed by atoms with Crippen LogP contribution in [-0.2, 0) is 6.54 Å². The fraction of sp³-hybridized carbons (Fsp3) is 0.448. The van der Waals surface area contributed by atoms with E-state index >= 15 is 0 Å². The Morgan fingerprint density at radius 2 is 1.74 bits per heavy atom. The first-order valence-electron chi connectivity index (χ1n) is 13.8. The van der Waals surface area contributed by atoms with Crippen LogP contribution in [0.5, 0.6) is 0 Å². The summed E-state index contributed by atoms with van der Waals surface area (Å²) in [5.41, 5.74) is 4.69. The Hall–Kier alpha value is -3.56. The fourth-order valence-electron chi connectivity index (χ4n) is 5.96. The summed E-state index contributed by atoms with van der Waals surface area (Å²) in [6.07, 6.45) is 8.78. The average molecular weight is 512 g/mol. The van der Waals surface area contributed by atoms with Crippen LogP contribution in [0.1, 0.15) is 72.4 Å². The van der Waals surface area contributed by atoms with Gasteiger partial charge in [-0.2, -0.15) is 4.98 Å². The van der Waals surface area contributed by atoms with Crippen molar-refractivity contribution in [3.63, 3.8) is 0 Å². The lowest BCUT2D eigenvalue weighted by Gasteiger charge is -2.23. The molecule has 1 atom stereocenters. The fourth-order valence-corrected chi connectivity index (χ4v) is 5.96. The number of hydrogen-bond acceptors (Lipinski definition) is 8. The molecule has 5 heterocycles. The Morgan fingerprint density at radius 1 is 0.947 bits per heavy atom. The predicted octanol–water partition coefficient (Wildman–Crippen LogP) is 3.99. The second kappa shape index (κ2) is 9.96. The molecule has 9 nitrogen and oxygen atoms in total. The summed E-state index contributed by atoms with van der Waals surface area (Å²) in [5.74, 6) is 2.44. The Morgan fingerprint density at radius 3 is 2.50 bits per heavy atom. The SMILES string of the molecule is O=c1c(C2CC2)cc2cnc(Nc3ccc(C4CCNCC4)cc3)nc2n1Cc1ocnc1C1CCNC1. The third-order valence-corrected chi connectivity index (χ3v) is 8.27. The molecule has 0 amide bonds. The zero-order valence-corrected chi connectivity index (χ0v) is 21.4. The lowest BCUT2D eigenvalue weighted by molar-refractivity contribution is 0.460. The summed E-state index contributed by atoms with van der Waals surface area (Å²) in [7, 11) is 0. The van der Waals surface area contributed by atoms with E-state index in [1.54, 1.807) is 4.57 Å². The van der Waals surface area contributed by atoms with Crippen molar-refractivity contribution in [3.8, 4) is 0 Å². The molecular formula is C29H33N7O2. The molecule has 0 spiro atoms. The van der Waals surface area contributed by atoms with Gasteiger partial charge in [0.1, 0.15) is 11.4 Å². The van der Waals surface area contributed by atoms with Gasteiger partial charge in [0.15, 0.2) is 6.39 Å². The van der Waals surface area contributed by atoms with E-state index in [1.165, 1.54) is 24.8 Å². The summed E-state index contributed by atoms with van der Waals surface area (Å²) in [6.45, 7) is 4.31. The van der Waals surface area contributed by atoms with Crippen molar-refractivity contribution < 1.29 is 4.42 Å². The first-order valence-corrected chi connectivity index (χ1v) is 13.8.